The number of phenolic OH excluding ortho intramolecular Hbond substituents is 1. The van der Waals surface area contributed by atoms with Gasteiger partial charge in [-0.05, 0) is 86.9 Å². The number of nitrogens with zero attached hydrogens (tertiary/aromatic N) is 3. The molecule has 4 amide bonds. The lowest BCUT2D eigenvalue weighted by atomic mass is 9.51. The molecule has 1 N–H and O–H groups in total. The molecule has 0 spiro atoms. The molecule has 5 aliphatic rings. The summed E-state index contributed by atoms with van der Waals surface area (Å²) in [5, 5.41) is 10.4. The summed E-state index contributed by atoms with van der Waals surface area (Å²) in [5.41, 5.74) is 1.59. The molecule has 52 heavy (non-hydrogen) atoms. The van der Waals surface area contributed by atoms with E-state index >= 15 is 0 Å². The highest BCUT2D eigenvalue weighted by atomic mass is 35.5. The molecule has 270 valence electrons. The Hall–Kier alpha value is -4.54. The summed E-state index contributed by atoms with van der Waals surface area (Å²) < 4.78 is 20.0. The third-order valence-electron chi connectivity index (χ3n) is 12.3. The van der Waals surface area contributed by atoms with Crippen molar-refractivity contribution in [1.29, 1.82) is 0 Å². The number of phenols is 1. The summed E-state index contributed by atoms with van der Waals surface area (Å²) in [4.78, 5) is 62.8. The van der Waals surface area contributed by atoms with Gasteiger partial charge in [0, 0.05) is 31.6 Å². The highest BCUT2D eigenvalue weighted by molar-refractivity contribution is 6.31. The Morgan fingerprint density at radius 3 is 2.40 bits per heavy atom. The molecule has 2 aliphatic carbocycles. The van der Waals surface area contributed by atoms with Crippen LogP contribution in [-0.4, -0.2) is 64.3 Å². The predicted molar refractivity (Wildman–Crippen MR) is 192 cm³/mol. The molecule has 3 heterocycles. The van der Waals surface area contributed by atoms with Gasteiger partial charge in [-0.3, -0.25) is 29.0 Å². The predicted octanol–water partition coefficient (Wildman–Crippen LogP) is 6.48. The van der Waals surface area contributed by atoms with Crippen molar-refractivity contribution in [2.45, 2.75) is 58.0 Å². The van der Waals surface area contributed by atoms with Gasteiger partial charge in [-0.25, -0.2) is 9.29 Å². The van der Waals surface area contributed by atoms with E-state index in [-0.39, 0.29) is 46.5 Å². The molecule has 3 aliphatic heterocycles. The first-order valence-electron chi connectivity index (χ1n) is 18.1. The van der Waals surface area contributed by atoms with Crippen LogP contribution in [0.3, 0.4) is 0 Å². The number of rotatable bonds is 7. The van der Waals surface area contributed by atoms with Gasteiger partial charge in [0.1, 0.15) is 5.82 Å². The van der Waals surface area contributed by atoms with Crippen LogP contribution < -0.4 is 9.64 Å². The van der Waals surface area contributed by atoms with Gasteiger partial charge in [0.2, 0.25) is 23.6 Å². The van der Waals surface area contributed by atoms with Crippen LogP contribution in [0.5, 0.6) is 11.5 Å². The second-order valence-corrected chi connectivity index (χ2v) is 15.4. The zero-order chi connectivity index (χ0) is 36.5. The smallest absolute Gasteiger partial charge is 0.241 e. The number of imide groups is 2. The maximum Gasteiger partial charge on any atom is 0.241 e. The lowest BCUT2D eigenvalue weighted by Crippen LogP contribution is -2.49. The standard InChI is InChI=1S/C41H41ClFN3O6/c1-3-52-34-19-24(9-14-33(34)47)36-27-11-12-28-35(39(50)45(37(28)48)25-15-17-44(18-16-25)22-23-7-5-4-6-8-23)29(27)21-30-38(49)46(40(51)41(30,36)2)26-10-13-32(43)31(42)20-26/h4-11,13-14,19-20,25,28-30,35-36,47H,3,12,15-18,21-22H2,1-2H3/t28-,29+,30-,35-,36-,41+/m0/s1. The number of halogens is 2. The van der Waals surface area contributed by atoms with Crippen LogP contribution in [-0.2, 0) is 25.7 Å². The summed E-state index contributed by atoms with van der Waals surface area (Å²) in [5.74, 6) is -4.96. The largest absolute Gasteiger partial charge is 0.504 e. The normalized spacial score (nSPS) is 29.2. The summed E-state index contributed by atoms with van der Waals surface area (Å²) in [7, 11) is 0. The molecule has 0 bridgehead atoms. The molecule has 0 aromatic heterocycles. The van der Waals surface area contributed by atoms with Crippen molar-refractivity contribution in [2.24, 2.45) is 29.1 Å². The number of piperidine rings is 1. The number of ether oxygens (including phenoxy) is 1. The number of carbonyl (C=O) groups excluding carboxylic acids is 4. The summed E-state index contributed by atoms with van der Waals surface area (Å²) >= 11 is 6.13. The molecule has 0 radical (unpaired) electrons. The lowest BCUT2D eigenvalue weighted by molar-refractivity contribution is -0.144. The van der Waals surface area contributed by atoms with E-state index in [9.17, 15) is 28.7 Å². The fourth-order valence-electron chi connectivity index (χ4n) is 9.81. The minimum absolute atomic E-state index is 0.0595. The van der Waals surface area contributed by atoms with Crippen LogP contribution in [0.1, 0.15) is 56.6 Å². The highest BCUT2D eigenvalue weighted by Gasteiger charge is 2.68. The van der Waals surface area contributed by atoms with Crippen LogP contribution >= 0.6 is 11.6 Å². The minimum Gasteiger partial charge on any atom is -0.504 e. The van der Waals surface area contributed by atoms with Gasteiger partial charge >= 0.3 is 0 Å². The fraction of sp³-hybridized carbons (Fsp3) is 0.415. The van der Waals surface area contributed by atoms with E-state index in [2.05, 4.69) is 17.0 Å². The Balaban J connectivity index is 1.14. The molecule has 0 unspecified atom stereocenters. The number of fused-ring (bicyclic) bond motifs is 4. The number of amides is 4. The number of likely N-dealkylation sites (tertiary alicyclic amines) is 2. The van der Waals surface area contributed by atoms with Crippen molar-refractivity contribution in [3.05, 3.63) is 100 Å². The highest BCUT2D eigenvalue weighted by Crippen LogP contribution is 2.64. The molecule has 11 heteroatoms. The molecule has 3 aromatic carbocycles. The van der Waals surface area contributed by atoms with Gasteiger partial charge in [-0.1, -0.05) is 59.6 Å². The van der Waals surface area contributed by atoms with Crippen molar-refractivity contribution in [2.75, 3.05) is 24.6 Å². The Kier molecular flexibility index (Phi) is 8.73. The Morgan fingerprint density at radius 2 is 1.69 bits per heavy atom. The van der Waals surface area contributed by atoms with E-state index in [4.69, 9.17) is 16.3 Å². The first kappa shape index (κ1) is 34.5. The number of carbonyl (C=O) groups is 4. The molecular weight excluding hydrogens is 685 g/mol. The maximum absolute atomic E-state index is 14.7. The van der Waals surface area contributed by atoms with Crippen molar-refractivity contribution >= 4 is 40.9 Å². The van der Waals surface area contributed by atoms with Crippen LogP contribution in [0, 0.1) is 34.9 Å². The average molecular weight is 726 g/mol. The van der Waals surface area contributed by atoms with Crippen LogP contribution in [0.25, 0.3) is 0 Å². The fourth-order valence-corrected chi connectivity index (χ4v) is 9.98. The molecule has 6 atom stereocenters. The van der Waals surface area contributed by atoms with Crippen LogP contribution in [0.2, 0.25) is 5.02 Å². The third-order valence-corrected chi connectivity index (χ3v) is 12.5. The number of allylic oxidation sites excluding steroid dienone is 2. The molecule has 8 rings (SSSR count). The Bertz CT molecular complexity index is 2000. The second-order valence-electron chi connectivity index (χ2n) is 15.0. The number of benzene rings is 3. The third kappa shape index (κ3) is 5.36. The maximum atomic E-state index is 14.7. The monoisotopic (exact) mass is 725 g/mol. The lowest BCUT2D eigenvalue weighted by Gasteiger charge is -2.49. The average Bonchev–Trinajstić information content (AvgIpc) is 3.51. The van der Waals surface area contributed by atoms with Gasteiger partial charge in [0.25, 0.3) is 0 Å². The SMILES string of the molecule is CCOc1cc([C@H]2C3=CC[C@@H]4C(=O)N(C5CCN(Cc6ccccc6)CC5)C(=O)[C@@H]4[C@@H]3C[C@H]3C(=O)N(c4ccc(F)c(Cl)c4)C(=O)[C@@]23C)ccc1O. The van der Waals surface area contributed by atoms with Gasteiger partial charge in [-0.15, -0.1) is 0 Å². The van der Waals surface area contributed by atoms with Crippen molar-refractivity contribution in [3.63, 3.8) is 0 Å². The second kappa shape index (κ2) is 13.1. The molecule has 3 aromatic rings. The van der Waals surface area contributed by atoms with E-state index in [1.165, 1.54) is 28.7 Å². The quantitative estimate of drug-likeness (QED) is 0.220. The zero-order valence-corrected chi connectivity index (χ0v) is 29.9. The summed E-state index contributed by atoms with van der Waals surface area (Å²) in [6, 6.07) is 18.8. The number of aromatic hydroxyl groups is 1. The molecular formula is C41H41ClFN3O6. The minimum atomic E-state index is -1.30. The van der Waals surface area contributed by atoms with E-state index in [1.807, 2.05) is 24.3 Å². The van der Waals surface area contributed by atoms with E-state index < -0.39 is 52.6 Å². The Morgan fingerprint density at radius 1 is 0.942 bits per heavy atom. The zero-order valence-electron chi connectivity index (χ0n) is 29.1. The number of hydrogen-bond donors (Lipinski definition) is 1. The van der Waals surface area contributed by atoms with Gasteiger partial charge in [0.05, 0.1) is 40.5 Å². The van der Waals surface area contributed by atoms with Crippen LogP contribution in [0.4, 0.5) is 10.1 Å². The van der Waals surface area contributed by atoms with Gasteiger partial charge < -0.3 is 9.84 Å². The Labute approximate surface area is 307 Å². The molecule has 1 saturated carbocycles. The van der Waals surface area contributed by atoms with E-state index in [0.717, 1.165) is 36.2 Å². The van der Waals surface area contributed by atoms with E-state index in [0.29, 0.717) is 31.4 Å². The van der Waals surface area contributed by atoms with Crippen molar-refractivity contribution in [3.8, 4) is 11.5 Å². The van der Waals surface area contributed by atoms with E-state index in [1.54, 1.807) is 26.0 Å². The topological polar surface area (TPSA) is 107 Å². The first-order chi connectivity index (χ1) is 25.0. The van der Waals surface area contributed by atoms with Gasteiger partial charge in [-0.2, -0.15) is 0 Å². The summed E-state index contributed by atoms with van der Waals surface area (Å²) in [6.45, 7) is 6.23. The molecule has 9 nitrogen and oxygen atoms in total. The van der Waals surface area contributed by atoms with Crippen LogP contribution in [0.15, 0.2) is 78.4 Å². The molecule has 3 saturated heterocycles. The van der Waals surface area contributed by atoms with Gasteiger partial charge in [0.15, 0.2) is 11.5 Å². The molecule has 4 fully saturated rings. The number of anilines is 1. The number of hydrogen-bond acceptors (Lipinski definition) is 7. The van der Waals surface area contributed by atoms with Crippen molar-refractivity contribution < 1.29 is 33.4 Å². The summed E-state index contributed by atoms with van der Waals surface area (Å²) in [6.07, 6.45) is 3.94. The first-order valence-corrected chi connectivity index (χ1v) is 18.5. The van der Waals surface area contributed by atoms with Crippen molar-refractivity contribution in [1.82, 2.24) is 9.80 Å².